The molecule has 0 saturated carbocycles. The minimum Gasteiger partial charge on any atom is -0.496 e. The SMILES string of the molecule is CCO[C@H]1CCN(Cc2c(OC)cc(C)c3[nH]ccc23)[C@H](c2ccc(C(=O)N3CCC[C@H]3C(=O)O)cc2)C1. The number of carboxylic acids is 1. The van der Waals surface area contributed by atoms with Crippen molar-refractivity contribution >= 4 is 22.8 Å². The van der Waals surface area contributed by atoms with E-state index in [9.17, 15) is 14.7 Å². The van der Waals surface area contributed by atoms with Crippen molar-refractivity contribution in [3.05, 3.63) is 64.8 Å². The Morgan fingerprint density at radius 1 is 1.13 bits per heavy atom. The van der Waals surface area contributed by atoms with E-state index in [2.05, 4.69) is 28.9 Å². The number of benzene rings is 2. The van der Waals surface area contributed by atoms with E-state index in [0.29, 0.717) is 31.6 Å². The summed E-state index contributed by atoms with van der Waals surface area (Å²) in [7, 11) is 1.72. The number of nitrogens with one attached hydrogen (secondary N) is 1. The van der Waals surface area contributed by atoms with Gasteiger partial charge in [-0.25, -0.2) is 4.79 Å². The number of fused-ring (bicyclic) bond motifs is 1. The lowest BCUT2D eigenvalue weighted by Gasteiger charge is -2.40. The van der Waals surface area contributed by atoms with Crippen LogP contribution in [-0.4, -0.2) is 70.7 Å². The van der Waals surface area contributed by atoms with E-state index in [1.165, 1.54) is 10.3 Å². The lowest BCUT2D eigenvalue weighted by Crippen LogP contribution is -2.40. The van der Waals surface area contributed by atoms with Gasteiger partial charge in [0.25, 0.3) is 5.91 Å². The Kier molecular flexibility index (Phi) is 7.72. The van der Waals surface area contributed by atoms with Crippen LogP contribution in [0.4, 0.5) is 0 Å². The average Bonchev–Trinajstić information content (AvgIpc) is 3.62. The van der Waals surface area contributed by atoms with Crippen LogP contribution in [0.1, 0.15) is 65.7 Å². The van der Waals surface area contributed by atoms with Crippen LogP contribution in [-0.2, 0) is 16.1 Å². The highest BCUT2D eigenvalue weighted by Crippen LogP contribution is 2.38. The van der Waals surface area contributed by atoms with Crippen molar-refractivity contribution < 1.29 is 24.2 Å². The normalized spacial score (nSPS) is 22.2. The lowest BCUT2D eigenvalue weighted by molar-refractivity contribution is -0.141. The smallest absolute Gasteiger partial charge is 0.326 e. The number of amides is 1. The summed E-state index contributed by atoms with van der Waals surface area (Å²) in [4.78, 5) is 32.0. The summed E-state index contributed by atoms with van der Waals surface area (Å²) in [6, 6.07) is 11.3. The van der Waals surface area contributed by atoms with Gasteiger partial charge in [0.2, 0.25) is 0 Å². The molecule has 5 rings (SSSR count). The van der Waals surface area contributed by atoms with E-state index in [0.717, 1.165) is 53.9 Å². The highest BCUT2D eigenvalue weighted by Gasteiger charge is 2.35. The first-order chi connectivity index (χ1) is 18.4. The Balaban J connectivity index is 1.42. The largest absolute Gasteiger partial charge is 0.496 e. The molecule has 2 aliphatic heterocycles. The third kappa shape index (κ3) is 5.02. The van der Waals surface area contributed by atoms with Crippen LogP contribution in [0, 0.1) is 6.92 Å². The third-order valence-corrected chi connectivity index (χ3v) is 8.10. The summed E-state index contributed by atoms with van der Waals surface area (Å²) < 4.78 is 11.9. The molecular weight excluding hydrogens is 482 g/mol. The Hall–Kier alpha value is -3.36. The van der Waals surface area contributed by atoms with Crippen molar-refractivity contribution in [1.82, 2.24) is 14.8 Å². The topological polar surface area (TPSA) is 95.1 Å². The zero-order valence-corrected chi connectivity index (χ0v) is 22.4. The second kappa shape index (κ2) is 11.2. The number of aliphatic carboxylic acids is 1. The van der Waals surface area contributed by atoms with Crippen molar-refractivity contribution in [2.24, 2.45) is 0 Å². The Labute approximate surface area is 223 Å². The summed E-state index contributed by atoms with van der Waals surface area (Å²) in [6.45, 7) is 6.90. The Morgan fingerprint density at radius 3 is 2.63 bits per heavy atom. The standard InChI is InChI=1S/C30H37N3O5/c1-4-38-22-12-15-32(18-24-23-11-13-31-28(23)19(2)16-27(24)37-3)26(17-22)20-7-9-21(10-8-20)29(34)33-14-5-6-25(33)30(35)36/h7-11,13,16,22,25-26,31H,4-6,12,14-15,17-18H2,1-3H3,(H,35,36)/t22-,25-,26-/m0/s1. The number of ether oxygens (including phenoxy) is 2. The van der Waals surface area contributed by atoms with Crippen LogP contribution in [0.15, 0.2) is 42.6 Å². The number of carbonyl (C=O) groups excluding carboxylic acids is 1. The van der Waals surface area contributed by atoms with Gasteiger partial charge in [-0.15, -0.1) is 0 Å². The van der Waals surface area contributed by atoms with Gasteiger partial charge in [0, 0.05) is 60.5 Å². The van der Waals surface area contributed by atoms with Crippen LogP contribution in [0.25, 0.3) is 10.9 Å². The predicted octanol–water partition coefficient (Wildman–Crippen LogP) is 4.92. The molecule has 0 radical (unpaired) electrons. The van der Waals surface area contributed by atoms with Gasteiger partial charge in [0.1, 0.15) is 11.8 Å². The predicted molar refractivity (Wildman–Crippen MR) is 146 cm³/mol. The molecule has 3 aromatic rings. The number of likely N-dealkylation sites (tertiary alicyclic amines) is 2. The molecule has 2 saturated heterocycles. The molecular formula is C30H37N3O5. The lowest BCUT2D eigenvalue weighted by atomic mass is 9.91. The van der Waals surface area contributed by atoms with Gasteiger partial charge in [-0.05, 0) is 74.9 Å². The number of aromatic amines is 1. The number of piperidine rings is 1. The summed E-state index contributed by atoms with van der Waals surface area (Å²) >= 11 is 0. The van der Waals surface area contributed by atoms with Crippen LogP contribution >= 0.6 is 0 Å². The number of methoxy groups -OCH3 is 1. The van der Waals surface area contributed by atoms with Crippen molar-refractivity contribution in [2.75, 3.05) is 26.8 Å². The van der Waals surface area contributed by atoms with E-state index >= 15 is 0 Å². The highest BCUT2D eigenvalue weighted by molar-refractivity contribution is 5.97. The molecule has 0 unspecified atom stereocenters. The van der Waals surface area contributed by atoms with Crippen molar-refractivity contribution in [3.63, 3.8) is 0 Å². The number of carboxylic acid groups (broad SMARTS) is 1. The second-order valence-electron chi connectivity index (χ2n) is 10.3. The molecule has 3 heterocycles. The fraction of sp³-hybridized carbons (Fsp3) is 0.467. The van der Waals surface area contributed by atoms with Crippen molar-refractivity contribution in [3.8, 4) is 5.75 Å². The number of nitrogens with zero attached hydrogens (tertiary/aromatic N) is 2. The van der Waals surface area contributed by atoms with Crippen molar-refractivity contribution in [2.45, 2.75) is 64.3 Å². The summed E-state index contributed by atoms with van der Waals surface area (Å²) in [5.41, 5.74) is 5.10. The minimum absolute atomic E-state index is 0.114. The monoisotopic (exact) mass is 519 g/mol. The Morgan fingerprint density at radius 2 is 1.92 bits per heavy atom. The van der Waals surface area contributed by atoms with Gasteiger partial charge in [0.05, 0.1) is 13.2 Å². The maximum atomic E-state index is 13.1. The molecule has 8 heteroatoms. The molecule has 0 bridgehead atoms. The van der Waals surface area contributed by atoms with Gasteiger partial charge in [-0.3, -0.25) is 9.69 Å². The van der Waals surface area contributed by atoms with E-state index in [1.54, 1.807) is 7.11 Å². The maximum Gasteiger partial charge on any atom is 0.326 e. The average molecular weight is 520 g/mol. The quantitative estimate of drug-likeness (QED) is 0.439. The van der Waals surface area contributed by atoms with E-state index < -0.39 is 12.0 Å². The fourth-order valence-electron chi connectivity index (χ4n) is 6.17. The molecule has 0 spiro atoms. The number of hydrogen-bond donors (Lipinski definition) is 2. The van der Waals surface area contributed by atoms with Gasteiger partial charge in [-0.2, -0.15) is 0 Å². The first-order valence-electron chi connectivity index (χ1n) is 13.5. The van der Waals surface area contributed by atoms with Gasteiger partial charge < -0.3 is 24.5 Å². The molecule has 2 N–H and O–H groups in total. The molecule has 3 atom stereocenters. The first-order valence-corrected chi connectivity index (χ1v) is 13.5. The van der Waals surface area contributed by atoms with Crippen LogP contribution < -0.4 is 4.74 Å². The van der Waals surface area contributed by atoms with E-state index in [-0.39, 0.29) is 18.1 Å². The molecule has 2 aliphatic rings. The summed E-state index contributed by atoms with van der Waals surface area (Å²) in [5, 5.41) is 10.7. The second-order valence-corrected chi connectivity index (χ2v) is 10.3. The van der Waals surface area contributed by atoms with Crippen molar-refractivity contribution in [1.29, 1.82) is 0 Å². The fourth-order valence-corrected chi connectivity index (χ4v) is 6.17. The molecule has 202 valence electrons. The molecule has 1 aromatic heterocycles. The van der Waals surface area contributed by atoms with E-state index in [1.807, 2.05) is 37.4 Å². The zero-order chi connectivity index (χ0) is 26.8. The third-order valence-electron chi connectivity index (χ3n) is 8.10. The van der Waals surface area contributed by atoms with Crippen LogP contribution in [0.5, 0.6) is 5.75 Å². The molecule has 38 heavy (non-hydrogen) atoms. The Bertz CT molecular complexity index is 1300. The summed E-state index contributed by atoms with van der Waals surface area (Å²) in [5.74, 6) is -0.261. The molecule has 8 nitrogen and oxygen atoms in total. The number of aromatic nitrogens is 1. The van der Waals surface area contributed by atoms with Crippen LogP contribution in [0.2, 0.25) is 0 Å². The van der Waals surface area contributed by atoms with E-state index in [4.69, 9.17) is 9.47 Å². The number of hydrogen-bond acceptors (Lipinski definition) is 5. The van der Waals surface area contributed by atoms with Gasteiger partial charge in [-0.1, -0.05) is 12.1 Å². The van der Waals surface area contributed by atoms with Gasteiger partial charge >= 0.3 is 5.97 Å². The van der Waals surface area contributed by atoms with Gasteiger partial charge in [0.15, 0.2) is 0 Å². The first kappa shape index (κ1) is 26.3. The number of rotatable bonds is 8. The minimum atomic E-state index is -0.935. The summed E-state index contributed by atoms with van der Waals surface area (Å²) in [6.07, 6.45) is 5.19. The zero-order valence-electron chi connectivity index (χ0n) is 22.4. The molecule has 2 aromatic carbocycles. The molecule has 1 amide bonds. The maximum absolute atomic E-state index is 13.1. The van der Waals surface area contributed by atoms with Crippen LogP contribution in [0.3, 0.4) is 0 Å². The number of H-pyrrole nitrogens is 1. The number of carbonyl (C=O) groups is 2. The number of aryl methyl sites for hydroxylation is 1. The molecule has 0 aliphatic carbocycles. The molecule has 2 fully saturated rings. The highest BCUT2D eigenvalue weighted by atomic mass is 16.5.